The summed E-state index contributed by atoms with van der Waals surface area (Å²) >= 11 is 0. The summed E-state index contributed by atoms with van der Waals surface area (Å²) in [6.45, 7) is 7.86. The molecule has 0 heterocycles. The van der Waals surface area contributed by atoms with Crippen molar-refractivity contribution in [3.8, 4) is 5.75 Å². The zero-order valence-corrected chi connectivity index (χ0v) is 14.1. The van der Waals surface area contributed by atoms with Crippen molar-refractivity contribution in [1.29, 1.82) is 0 Å². The minimum atomic E-state index is -3.88. The van der Waals surface area contributed by atoms with E-state index >= 15 is 0 Å². The quantitative estimate of drug-likeness (QED) is 0.762. The van der Waals surface area contributed by atoms with Crippen LogP contribution in [0.5, 0.6) is 5.75 Å². The van der Waals surface area contributed by atoms with Gasteiger partial charge in [0.15, 0.2) is 0 Å². The van der Waals surface area contributed by atoms with Crippen LogP contribution in [-0.4, -0.2) is 32.1 Å². The van der Waals surface area contributed by atoms with Crippen LogP contribution in [0.4, 0.5) is 0 Å². The lowest BCUT2D eigenvalue weighted by molar-refractivity contribution is -0.140. The maximum Gasteiger partial charge on any atom is 0.322 e. The van der Waals surface area contributed by atoms with Crippen LogP contribution in [0.15, 0.2) is 29.2 Å². The summed E-state index contributed by atoms with van der Waals surface area (Å²) in [4.78, 5) is 11.1. The second kappa shape index (κ2) is 7.60. The van der Waals surface area contributed by atoms with E-state index in [1.165, 1.54) is 12.1 Å². The molecule has 1 atom stereocenters. The summed E-state index contributed by atoms with van der Waals surface area (Å²) in [7, 11) is -3.88. The van der Waals surface area contributed by atoms with E-state index in [4.69, 9.17) is 9.84 Å². The standard InChI is InChI=1S/C15H23NO5S/c1-10(2)9-21-12-5-7-13(8-6-12)22(19,20)16-14(11(3)4)15(17)18/h5-8,10-11,14,16H,9H2,1-4H3,(H,17,18)/t14-/m1/s1. The smallest absolute Gasteiger partial charge is 0.322 e. The summed E-state index contributed by atoms with van der Waals surface area (Å²) in [5.74, 6) is -0.616. The molecule has 22 heavy (non-hydrogen) atoms. The number of nitrogens with one attached hydrogen (secondary N) is 1. The number of hydrogen-bond donors (Lipinski definition) is 2. The molecule has 1 rings (SSSR count). The van der Waals surface area contributed by atoms with Gasteiger partial charge in [-0.05, 0) is 36.1 Å². The van der Waals surface area contributed by atoms with Gasteiger partial charge >= 0.3 is 5.97 Å². The number of rotatable bonds is 8. The van der Waals surface area contributed by atoms with Gasteiger partial charge in [0, 0.05) is 0 Å². The summed E-state index contributed by atoms with van der Waals surface area (Å²) in [5, 5.41) is 9.07. The molecule has 0 bridgehead atoms. The molecule has 6 nitrogen and oxygen atoms in total. The molecule has 0 aliphatic rings. The summed E-state index contributed by atoms with van der Waals surface area (Å²) in [6.07, 6.45) is 0. The van der Waals surface area contributed by atoms with Gasteiger partial charge < -0.3 is 9.84 Å². The van der Waals surface area contributed by atoms with Crippen molar-refractivity contribution >= 4 is 16.0 Å². The lowest BCUT2D eigenvalue weighted by Crippen LogP contribution is -2.44. The predicted molar refractivity (Wildman–Crippen MR) is 83.4 cm³/mol. The highest BCUT2D eigenvalue weighted by Crippen LogP contribution is 2.17. The normalized spacial score (nSPS) is 13.4. The highest BCUT2D eigenvalue weighted by atomic mass is 32.2. The zero-order valence-electron chi connectivity index (χ0n) is 13.2. The first-order valence-corrected chi connectivity index (χ1v) is 8.59. The van der Waals surface area contributed by atoms with E-state index in [0.29, 0.717) is 18.3 Å². The summed E-state index contributed by atoms with van der Waals surface area (Å²) in [6, 6.07) is 4.75. The van der Waals surface area contributed by atoms with E-state index in [0.717, 1.165) is 0 Å². The van der Waals surface area contributed by atoms with Crippen LogP contribution in [-0.2, 0) is 14.8 Å². The van der Waals surface area contributed by atoms with Crippen LogP contribution in [0, 0.1) is 11.8 Å². The van der Waals surface area contributed by atoms with Gasteiger partial charge in [0.05, 0.1) is 11.5 Å². The molecule has 0 aliphatic carbocycles. The summed E-state index contributed by atoms with van der Waals surface area (Å²) in [5.41, 5.74) is 0. The maximum absolute atomic E-state index is 12.2. The van der Waals surface area contributed by atoms with Crippen molar-refractivity contribution in [2.75, 3.05) is 6.61 Å². The van der Waals surface area contributed by atoms with Crippen LogP contribution in [0.2, 0.25) is 0 Å². The topological polar surface area (TPSA) is 92.7 Å². The van der Waals surface area contributed by atoms with Gasteiger partial charge in [-0.2, -0.15) is 4.72 Å². The Hall–Kier alpha value is -1.60. The molecule has 0 aliphatic heterocycles. The minimum absolute atomic E-state index is 0.0105. The Balaban J connectivity index is 2.87. The Morgan fingerprint density at radius 3 is 2.14 bits per heavy atom. The lowest BCUT2D eigenvalue weighted by Gasteiger charge is -2.18. The fourth-order valence-electron chi connectivity index (χ4n) is 1.68. The summed E-state index contributed by atoms with van der Waals surface area (Å²) < 4.78 is 32.1. The van der Waals surface area contributed by atoms with Crippen molar-refractivity contribution in [2.24, 2.45) is 11.8 Å². The SMILES string of the molecule is CC(C)COc1ccc(S(=O)(=O)N[C@@H](C(=O)O)C(C)C)cc1. The molecule has 0 amide bonds. The van der Waals surface area contributed by atoms with Crippen LogP contribution in [0.25, 0.3) is 0 Å². The van der Waals surface area contributed by atoms with E-state index in [2.05, 4.69) is 4.72 Å². The Kier molecular flexibility index (Phi) is 6.37. The molecule has 0 fully saturated rings. The molecule has 124 valence electrons. The van der Waals surface area contributed by atoms with Crippen molar-refractivity contribution in [3.05, 3.63) is 24.3 Å². The van der Waals surface area contributed by atoms with Gasteiger partial charge in [0.1, 0.15) is 11.8 Å². The molecular weight excluding hydrogens is 306 g/mol. The van der Waals surface area contributed by atoms with Gasteiger partial charge in [-0.15, -0.1) is 0 Å². The van der Waals surface area contributed by atoms with Gasteiger partial charge in [-0.1, -0.05) is 27.7 Å². The monoisotopic (exact) mass is 329 g/mol. The van der Waals surface area contributed by atoms with E-state index < -0.39 is 22.0 Å². The van der Waals surface area contributed by atoms with Crippen molar-refractivity contribution < 1.29 is 23.1 Å². The molecule has 0 aromatic heterocycles. The lowest BCUT2D eigenvalue weighted by atomic mass is 10.1. The fraction of sp³-hybridized carbons (Fsp3) is 0.533. The Labute approximate surface area is 131 Å². The third kappa shape index (κ3) is 5.31. The van der Waals surface area contributed by atoms with Crippen molar-refractivity contribution in [3.63, 3.8) is 0 Å². The molecule has 7 heteroatoms. The molecule has 0 unspecified atom stereocenters. The first kappa shape index (κ1) is 18.4. The number of carboxylic acids is 1. The molecule has 0 saturated carbocycles. The maximum atomic E-state index is 12.2. The highest BCUT2D eigenvalue weighted by Gasteiger charge is 2.27. The van der Waals surface area contributed by atoms with Gasteiger partial charge in [0.25, 0.3) is 0 Å². The Morgan fingerprint density at radius 1 is 1.18 bits per heavy atom. The average molecular weight is 329 g/mol. The third-order valence-corrected chi connectivity index (χ3v) is 4.39. The van der Waals surface area contributed by atoms with Gasteiger partial charge in [-0.3, -0.25) is 4.79 Å². The molecular formula is C15H23NO5S. The van der Waals surface area contributed by atoms with E-state index in [9.17, 15) is 13.2 Å². The van der Waals surface area contributed by atoms with Gasteiger partial charge in [-0.25, -0.2) is 8.42 Å². The van der Waals surface area contributed by atoms with Gasteiger partial charge in [0.2, 0.25) is 10.0 Å². The highest BCUT2D eigenvalue weighted by molar-refractivity contribution is 7.89. The number of carboxylic acid groups (broad SMARTS) is 1. The molecule has 2 N–H and O–H groups in total. The number of aliphatic carboxylic acids is 1. The zero-order chi connectivity index (χ0) is 16.9. The van der Waals surface area contributed by atoms with Crippen molar-refractivity contribution in [1.82, 2.24) is 4.72 Å². The van der Waals surface area contributed by atoms with Crippen LogP contribution >= 0.6 is 0 Å². The van der Waals surface area contributed by atoms with E-state index in [1.807, 2.05) is 13.8 Å². The van der Waals surface area contributed by atoms with Crippen molar-refractivity contribution in [2.45, 2.75) is 38.6 Å². The number of benzene rings is 1. The second-order valence-electron chi connectivity index (χ2n) is 5.86. The number of hydrogen-bond acceptors (Lipinski definition) is 4. The predicted octanol–water partition coefficient (Wildman–Crippen LogP) is 2.11. The van der Waals surface area contributed by atoms with Crippen LogP contribution < -0.4 is 9.46 Å². The van der Waals surface area contributed by atoms with Crippen LogP contribution in [0.3, 0.4) is 0 Å². The number of carbonyl (C=O) groups is 1. The Morgan fingerprint density at radius 2 is 1.73 bits per heavy atom. The van der Waals surface area contributed by atoms with E-state index in [1.54, 1.807) is 26.0 Å². The number of ether oxygens (including phenoxy) is 1. The Bertz CT molecular complexity index is 593. The molecule has 0 saturated heterocycles. The molecule has 1 aromatic carbocycles. The molecule has 0 radical (unpaired) electrons. The molecule has 1 aromatic rings. The first-order valence-electron chi connectivity index (χ1n) is 7.11. The third-order valence-electron chi connectivity index (χ3n) is 2.93. The fourth-order valence-corrected chi connectivity index (χ4v) is 3.02. The second-order valence-corrected chi connectivity index (χ2v) is 7.57. The average Bonchev–Trinajstić information content (AvgIpc) is 2.42. The first-order chi connectivity index (χ1) is 10.1. The van der Waals surface area contributed by atoms with Crippen LogP contribution in [0.1, 0.15) is 27.7 Å². The molecule has 0 spiro atoms. The largest absolute Gasteiger partial charge is 0.493 e. The number of sulfonamides is 1. The van der Waals surface area contributed by atoms with E-state index in [-0.39, 0.29) is 10.8 Å². The minimum Gasteiger partial charge on any atom is -0.493 e.